The van der Waals surface area contributed by atoms with Crippen LogP contribution in [0.2, 0.25) is 0 Å². The van der Waals surface area contributed by atoms with Gasteiger partial charge < -0.3 is 0 Å². The zero-order valence-electron chi connectivity index (χ0n) is 47.3. The molecule has 6 aromatic heterocycles. The van der Waals surface area contributed by atoms with Gasteiger partial charge in [0.25, 0.3) is 0 Å². The number of rotatable bonds is 9. The lowest BCUT2D eigenvalue weighted by molar-refractivity contribution is 0.333. The summed E-state index contributed by atoms with van der Waals surface area (Å²) in [7, 11) is 0. The minimum Gasteiger partial charge on any atom is -0.253 e. The fourth-order valence-electron chi connectivity index (χ4n) is 15.5. The van der Waals surface area contributed by atoms with Crippen molar-refractivity contribution in [3.63, 3.8) is 0 Å². The van der Waals surface area contributed by atoms with Crippen LogP contribution in [0.15, 0.2) is 237 Å². The summed E-state index contributed by atoms with van der Waals surface area (Å²) >= 11 is 0. The van der Waals surface area contributed by atoms with Gasteiger partial charge in [0.1, 0.15) is 0 Å². The Morgan fingerprint density at radius 3 is 0.536 bits per heavy atom. The maximum absolute atomic E-state index is 5.47. The smallest absolute Gasteiger partial charge is 0.0705 e. The van der Waals surface area contributed by atoms with Gasteiger partial charge in [-0.2, -0.15) is 0 Å². The molecule has 0 bridgehead atoms. The maximum atomic E-state index is 5.47. The van der Waals surface area contributed by atoms with E-state index in [1.165, 1.54) is 83.2 Å². The Bertz CT molecular complexity index is 3870. The monoisotopic (exact) mass is 1090 g/mol. The maximum Gasteiger partial charge on any atom is 0.0705 e. The summed E-state index contributed by atoms with van der Waals surface area (Å²) in [6, 6.07) is 87.3. The first kappa shape index (κ1) is 50.7. The van der Waals surface area contributed by atoms with Crippen LogP contribution >= 0.6 is 0 Å². The minimum absolute atomic E-state index is 0.251. The molecule has 0 spiro atoms. The summed E-state index contributed by atoms with van der Waals surface area (Å²) in [5.41, 5.74) is 17.9. The van der Waals surface area contributed by atoms with Crippen molar-refractivity contribution in [2.24, 2.45) is 0 Å². The normalized spacial score (nSPS) is 22.9. The standard InChI is InChI=1S/C78H66N6/c1-7-19-67-49(13-1)25-31-73(79-67)61-40-58(41-62(46-61)74-32-26-50-14-2-8-20-68(50)80-74)55-37-56(59-42-63(75-33-27-51-15-3-9-21-69(51)81-75)47-64(43-59)76-34-28-52-16-4-10-22-70(52)82-76)39-57(38-55)60-44-65(77-35-29-53-17-5-11-23-71(53)83-77)48-66(45-60)78-36-30-54-18-6-12-24-72(54)84-78/h1-39,58-66H,40-48H2. The summed E-state index contributed by atoms with van der Waals surface area (Å²) in [5, 5.41) is 7.10. The van der Waals surface area contributed by atoms with Crippen molar-refractivity contribution in [1.29, 1.82) is 0 Å². The first-order valence-corrected chi connectivity index (χ1v) is 30.8. The Balaban J connectivity index is 0.854. The Morgan fingerprint density at radius 2 is 0.345 bits per heavy atom. The highest BCUT2D eigenvalue weighted by Gasteiger charge is 2.39. The predicted molar refractivity (Wildman–Crippen MR) is 343 cm³/mol. The molecule has 408 valence electrons. The van der Waals surface area contributed by atoms with Gasteiger partial charge in [-0.05, 0) is 165 Å². The van der Waals surface area contributed by atoms with Gasteiger partial charge in [0.05, 0.1) is 33.1 Å². The molecule has 6 nitrogen and oxygen atoms in total. The van der Waals surface area contributed by atoms with Gasteiger partial charge >= 0.3 is 0 Å². The van der Waals surface area contributed by atoms with Gasteiger partial charge in [-0.25, -0.2) is 0 Å². The Kier molecular flexibility index (Phi) is 13.1. The number of nitrogens with zero attached hydrogens (tertiary/aromatic N) is 6. The average molecular weight is 1090 g/mol. The van der Waals surface area contributed by atoms with Crippen LogP contribution in [0, 0.1) is 0 Å². The molecule has 7 aromatic carbocycles. The van der Waals surface area contributed by atoms with Gasteiger partial charge in [0.2, 0.25) is 0 Å². The predicted octanol–water partition coefficient (Wildman–Crippen LogP) is 19.5. The molecule has 3 saturated carbocycles. The van der Waals surface area contributed by atoms with Crippen molar-refractivity contribution < 1.29 is 0 Å². The Labute approximate surface area is 491 Å². The molecular formula is C78H66N6. The topological polar surface area (TPSA) is 77.3 Å². The SMILES string of the molecule is c1ccc2nc(C3CC(c4cc(C5CC(c6ccc7ccccc7n6)CC(c6ccc7ccccc7n6)C5)cc(C5CC(c6ccc7ccccc7n6)CC(c6ccc7ccccc7n6)C5)c4)CC(c4ccc5ccccc5n4)C3)ccc2c1. The molecule has 16 rings (SSSR count). The first-order valence-electron chi connectivity index (χ1n) is 30.8. The van der Waals surface area contributed by atoms with Gasteiger partial charge in [0.15, 0.2) is 0 Å². The number of pyridine rings is 6. The lowest BCUT2D eigenvalue weighted by Crippen LogP contribution is -2.24. The van der Waals surface area contributed by atoms with Crippen LogP contribution in [0.3, 0.4) is 0 Å². The van der Waals surface area contributed by atoms with E-state index in [9.17, 15) is 0 Å². The Hall–Kier alpha value is -9.00. The third-order valence-corrected chi connectivity index (χ3v) is 19.8. The quantitative estimate of drug-likeness (QED) is 0.143. The highest BCUT2D eigenvalue weighted by atomic mass is 14.8. The molecule has 0 amide bonds. The summed E-state index contributed by atoms with van der Waals surface area (Å²) < 4.78 is 0. The van der Waals surface area contributed by atoms with E-state index in [0.29, 0.717) is 0 Å². The van der Waals surface area contributed by atoms with Crippen molar-refractivity contribution >= 4 is 65.4 Å². The van der Waals surface area contributed by atoms with Crippen molar-refractivity contribution in [2.75, 3.05) is 0 Å². The molecular weight excluding hydrogens is 1020 g/mol. The van der Waals surface area contributed by atoms with Gasteiger partial charge in [-0.3, -0.25) is 29.9 Å². The number of hydrogen-bond acceptors (Lipinski definition) is 6. The molecule has 6 heteroatoms. The van der Waals surface area contributed by atoms with Crippen molar-refractivity contribution in [3.8, 4) is 0 Å². The second-order valence-corrected chi connectivity index (χ2v) is 24.9. The number of hydrogen-bond donors (Lipinski definition) is 0. The van der Waals surface area contributed by atoms with E-state index in [4.69, 9.17) is 29.9 Å². The van der Waals surface area contributed by atoms with E-state index in [1.54, 1.807) is 0 Å². The van der Waals surface area contributed by atoms with E-state index in [-0.39, 0.29) is 53.3 Å². The molecule has 0 N–H and O–H groups in total. The molecule has 13 aromatic rings. The van der Waals surface area contributed by atoms with Gasteiger partial charge in [-0.15, -0.1) is 0 Å². The first-order chi connectivity index (χ1) is 41.5. The van der Waals surface area contributed by atoms with Gasteiger partial charge in [0, 0.05) is 102 Å². The van der Waals surface area contributed by atoms with Crippen LogP contribution in [0.25, 0.3) is 65.4 Å². The van der Waals surface area contributed by atoms with E-state index in [0.717, 1.165) is 90.9 Å². The van der Waals surface area contributed by atoms with Crippen molar-refractivity contribution in [3.05, 3.63) is 287 Å². The zero-order chi connectivity index (χ0) is 55.5. The van der Waals surface area contributed by atoms with Crippen molar-refractivity contribution in [2.45, 2.75) is 111 Å². The van der Waals surface area contributed by atoms with E-state index < -0.39 is 0 Å². The largest absolute Gasteiger partial charge is 0.253 e. The van der Waals surface area contributed by atoms with Crippen LogP contribution in [0.1, 0.15) is 162 Å². The average Bonchev–Trinajstić information content (AvgIpc) is 3.08. The second-order valence-electron chi connectivity index (χ2n) is 24.9. The Morgan fingerprint density at radius 1 is 0.179 bits per heavy atom. The van der Waals surface area contributed by atoms with Crippen LogP contribution in [-0.4, -0.2) is 29.9 Å². The summed E-state index contributed by atoms with van der Waals surface area (Å²) in [4.78, 5) is 32.8. The number of fused-ring (bicyclic) bond motifs is 6. The molecule has 6 heterocycles. The molecule has 3 aliphatic rings. The third kappa shape index (κ3) is 9.95. The second kappa shape index (κ2) is 21.6. The van der Waals surface area contributed by atoms with Gasteiger partial charge in [-0.1, -0.05) is 164 Å². The van der Waals surface area contributed by atoms with Crippen LogP contribution < -0.4 is 0 Å². The highest BCUT2D eigenvalue weighted by Crippen LogP contribution is 2.54. The summed E-state index contributed by atoms with van der Waals surface area (Å²) in [5.74, 6) is 2.32. The van der Waals surface area contributed by atoms with E-state index in [2.05, 4.69) is 237 Å². The van der Waals surface area contributed by atoms with Crippen LogP contribution in [0.4, 0.5) is 0 Å². The fraction of sp³-hybridized carbons (Fsp3) is 0.231. The lowest BCUT2D eigenvalue weighted by atomic mass is 9.66. The third-order valence-electron chi connectivity index (χ3n) is 19.8. The molecule has 0 aliphatic heterocycles. The fourth-order valence-corrected chi connectivity index (χ4v) is 15.5. The van der Waals surface area contributed by atoms with E-state index >= 15 is 0 Å². The molecule has 0 saturated heterocycles. The van der Waals surface area contributed by atoms with Crippen molar-refractivity contribution in [1.82, 2.24) is 29.9 Å². The molecule has 3 fully saturated rings. The number of aromatic nitrogens is 6. The van der Waals surface area contributed by atoms with E-state index in [1.807, 2.05) is 0 Å². The number of benzene rings is 7. The lowest BCUT2D eigenvalue weighted by Gasteiger charge is -2.39. The van der Waals surface area contributed by atoms with Crippen LogP contribution in [0.5, 0.6) is 0 Å². The molecule has 6 unspecified atom stereocenters. The molecule has 3 aliphatic carbocycles. The highest BCUT2D eigenvalue weighted by molar-refractivity contribution is 5.82. The molecule has 84 heavy (non-hydrogen) atoms. The van der Waals surface area contributed by atoms with Crippen LogP contribution in [-0.2, 0) is 0 Å². The zero-order valence-corrected chi connectivity index (χ0v) is 47.3. The minimum atomic E-state index is 0.251. The number of para-hydroxylation sites is 6. The summed E-state index contributed by atoms with van der Waals surface area (Å²) in [6.07, 6.45) is 9.15. The molecule has 0 radical (unpaired) electrons. The molecule has 6 atom stereocenters. The summed E-state index contributed by atoms with van der Waals surface area (Å²) in [6.45, 7) is 0.